The van der Waals surface area contributed by atoms with Gasteiger partial charge in [0.05, 0.1) is 5.69 Å². The second kappa shape index (κ2) is 2.66. The molecular formula is C7H9NO2. The Labute approximate surface area is 59.0 Å². The molecule has 0 saturated carbocycles. The number of aromatic nitrogens is 1. The summed E-state index contributed by atoms with van der Waals surface area (Å²) in [5, 5.41) is 12.7. The van der Waals surface area contributed by atoms with Crippen LogP contribution < -0.4 is 0 Å². The summed E-state index contributed by atoms with van der Waals surface area (Å²) < 4.78 is 4.75. The van der Waals surface area contributed by atoms with Crippen molar-refractivity contribution in [2.45, 2.75) is 13.0 Å². The molecule has 0 fully saturated rings. The molecule has 1 N–H and O–H groups in total. The summed E-state index contributed by atoms with van der Waals surface area (Å²) in [7, 11) is 0. The van der Waals surface area contributed by atoms with Gasteiger partial charge in [-0.3, -0.25) is 0 Å². The van der Waals surface area contributed by atoms with Crippen LogP contribution in [0.5, 0.6) is 0 Å². The van der Waals surface area contributed by atoms with Gasteiger partial charge < -0.3 is 9.63 Å². The third-order valence-electron chi connectivity index (χ3n) is 1.16. The average Bonchev–Trinajstić information content (AvgIpc) is 2.34. The van der Waals surface area contributed by atoms with Crippen LogP contribution in [0.25, 0.3) is 0 Å². The molecule has 0 unspecified atom stereocenters. The van der Waals surface area contributed by atoms with Crippen molar-refractivity contribution < 1.29 is 9.63 Å². The van der Waals surface area contributed by atoms with Crippen molar-refractivity contribution in [3.05, 3.63) is 30.2 Å². The van der Waals surface area contributed by atoms with Gasteiger partial charge in [0.15, 0.2) is 5.76 Å². The van der Waals surface area contributed by atoms with Crippen molar-refractivity contribution >= 4 is 0 Å². The highest BCUT2D eigenvalue weighted by Crippen LogP contribution is 2.13. The third-order valence-corrected chi connectivity index (χ3v) is 1.16. The van der Waals surface area contributed by atoms with E-state index in [-0.39, 0.29) is 0 Å². The molecule has 1 aromatic heterocycles. The molecule has 1 aromatic rings. The summed E-state index contributed by atoms with van der Waals surface area (Å²) >= 11 is 0. The molecule has 10 heavy (non-hydrogen) atoms. The molecule has 54 valence electrons. The van der Waals surface area contributed by atoms with E-state index in [9.17, 15) is 0 Å². The Hall–Kier alpha value is -1.09. The molecule has 0 saturated heterocycles. The third kappa shape index (κ3) is 1.25. The van der Waals surface area contributed by atoms with E-state index in [0.717, 1.165) is 5.69 Å². The Balaban J connectivity index is 2.84. The van der Waals surface area contributed by atoms with Gasteiger partial charge in [0.1, 0.15) is 6.10 Å². The first-order valence-corrected chi connectivity index (χ1v) is 2.98. The summed E-state index contributed by atoms with van der Waals surface area (Å²) in [4.78, 5) is 0. The molecule has 0 aromatic carbocycles. The fraction of sp³-hybridized carbons (Fsp3) is 0.286. The van der Waals surface area contributed by atoms with Gasteiger partial charge in [-0.25, -0.2) is 0 Å². The van der Waals surface area contributed by atoms with Crippen LogP contribution in [0.1, 0.15) is 17.6 Å². The van der Waals surface area contributed by atoms with Gasteiger partial charge in [-0.15, -0.1) is 6.58 Å². The molecule has 0 radical (unpaired) electrons. The van der Waals surface area contributed by atoms with E-state index in [4.69, 9.17) is 9.63 Å². The quantitative estimate of drug-likeness (QED) is 0.626. The van der Waals surface area contributed by atoms with E-state index >= 15 is 0 Å². The highest BCUT2D eigenvalue weighted by Gasteiger charge is 2.07. The van der Waals surface area contributed by atoms with E-state index in [2.05, 4.69) is 11.7 Å². The summed E-state index contributed by atoms with van der Waals surface area (Å²) in [6, 6.07) is 1.67. The molecule has 1 heterocycles. The number of rotatable bonds is 2. The first-order valence-electron chi connectivity index (χ1n) is 2.98. The number of hydrogen-bond donors (Lipinski definition) is 1. The molecule has 1 atom stereocenters. The zero-order valence-corrected chi connectivity index (χ0v) is 5.74. The maximum absolute atomic E-state index is 9.09. The fourth-order valence-electron chi connectivity index (χ4n) is 0.639. The minimum Gasteiger partial charge on any atom is -0.381 e. The van der Waals surface area contributed by atoms with E-state index in [0.29, 0.717) is 5.76 Å². The van der Waals surface area contributed by atoms with Crippen LogP contribution in [0.4, 0.5) is 0 Å². The van der Waals surface area contributed by atoms with Crippen LogP contribution in [0, 0.1) is 6.92 Å². The van der Waals surface area contributed by atoms with Crippen molar-refractivity contribution in [3.8, 4) is 0 Å². The number of aliphatic hydroxyl groups is 1. The van der Waals surface area contributed by atoms with Crippen molar-refractivity contribution in [1.29, 1.82) is 0 Å². The summed E-state index contributed by atoms with van der Waals surface area (Å²) in [6.07, 6.45) is 0.654. The fourth-order valence-corrected chi connectivity index (χ4v) is 0.639. The number of hydrogen-bond acceptors (Lipinski definition) is 3. The Morgan fingerprint density at radius 3 is 3.00 bits per heavy atom. The molecular weight excluding hydrogens is 130 g/mol. The summed E-state index contributed by atoms with van der Waals surface area (Å²) in [6.45, 7) is 5.20. The zero-order chi connectivity index (χ0) is 7.56. The van der Waals surface area contributed by atoms with E-state index in [1.165, 1.54) is 6.08 Å². The van der Waals surface area contributed by atoms with Gasteiger partial charge in [-0.2, -0.15) is 0 Å². The first-order chi connectivity index (χ1) is 4.74. The van der Waals surface area contributed by atoms with E-state index < -0.39 is 6.10 Å². The lowest BCUT2D eigenvalue weighted by atomic mass is 10.2. The van der Waals surface area contributed by atoms with Crippen LogP contribution in [0.3, 0.4) is 0 Å². The highest BCUT2D eigenvalue weighted by atomic mass is 16.5. The standard InChI is InChI=1S/C7H9NO2/c1-3-6(9)7-4-5(2)8-10-7/h3-4,6,9H,1H2,2H3/t6-/m1/s1. The van der Waals surface area contributed by atoms with Crippen molar-refractivity contribution in [2.75, 3.05) is 0 Å². The van der Waals surface area contributed by atoms with E-state index in [1.54, 1.807) is 13.0 Å². The summed E-state index contributed by atoms with van der Waals surface area (Å²) in [5.74, 6) is 0.438. The van der Waals surface area contributed by atoms with Gasteiger partial charge in [0, 0.05) is 6.07 Å². The van der Waals surface area contributed by atoms with Crippen LogP contribution >= 0.6 is 0 Å². The molecule has 3 heteroatoms. The molecule has 0 aliphatic carbocycles. The van der Waals surface area contributed by atoms with Crippen LogP contribution in [0.2, 0.25) is 0 Å². The lowest BCUT2D eigenvalue weighted by molar-refractivity contribution is 0.183. The van der Waals surface area contributed by atoms with Gasteiger partial charge in [-0.1, -0.05) is 11.2 Å². The van der Waals surface area contributed by atoms with Crippen LogP contribution in [-0.2, 0) is 0 Å². The predicted octanol–water partition coefficient (Wildman–Crippen LogP) is 1.20. The minimum absolute atomic E-state index is 0.438. The molecule has 1 rings (SSSR count). The topological polar surface area (TPSA) is 46.3 Å². The van der Waals surface area contributed by atoms with E-state index in [1.807, 2.05) is 0 Å². The molecule has 0 aliphatic heterocycles. The Morgan fingerprint density at radius 2 is 2.60 bits per heavy atom. The van der Waals surface area contributed by atoms with Crippen LogP contribution in [0.15, 0.2) is 23.2 Å². The lowest BCUT2D eigenvalue weighted by Crippen LogP contribution is -1.87. The van der Waals surface area contributed by atoms with Gasteiger partial charge in [-0.05, 0) is 6.92 Å². The number of nitrogens with zero attached hydrogens (tertiary/aromatic N) is 1. The average molecular weight is 139 g/mol. The Kier molecular flexibility index (Phi) is 1.87. The predicted molar refractivity (Wildman–Crippen MR) is 36.4 cm³/mol. The SMILES string of the molecule is C=C[C@@H](O)c1cc(C)no1. The second-order valence-electron chi connectivity index (χ2n) is 2.05. The lowest BCUT2D eigenvalue weighted by Gasteiger charge is -1.95. The maximum atomic E-state index is 9.09. The van der Waals surface area contributed by atoms with Gasteiger partial charge in [0.25, 0.3) is 0 Å². The first kappa shape index (κ1) is 7.02. The monoisotopic (exact) mass is 139 g/mol. The second-order valence-corrected chi connectivity index (χ2v) is 2.05. The molecule has 0 aliphatic rings. The maximum Gasteiger partial charge on any atom is 0.169 e. The Bertz CT molecular complexity index is 229. The van der Waals surface area contributed by atoms with Gasteiger partial charge >= 0.3 is 0 Å². The minimum atomic E-state index is -0.735. The summed E-state index contributed by atoms with van der Waals surface area (Å²) in [5.41, 5.74) is 0.760. The molecule has 3 nitrogen and oxygen atoms in total. The highest BCUT2D eigenvalue weighted by molar-refractivity contribution is 5.09. The molecule has 0 amide bonds. The zero-order valence-electron chi connectivity index (χ0n) is 5.74. The molecule has 0 bridgehead atoms. The van der Waals surface area contributed by atoms with Crippen molar-refractivity contribution in [2.24, 2.45) is 0 Å². The number of aliphatic hydroxyl groups excluding tert-OH is 1. The smallest absolute Gasteiger partial charge is 0.169 e. The Morgan fingerprint density at radius 1 is 1.90 bits per heavy atom. The number of aryl methyl sites for hydroxylation is 1. The van der Waals surface area contributed by atoms with Crippen molar-refractivity contribution in [1.82, 2.24) is 5.16 Å². The van der Waals surface area contributed by atoms with Gasteiger partial charge in [0.2, 0.25) is 0 Å². The normalized spacial score (nSPS) is 13.0. The molecule has 0 spiro atoms. The largest absolute Gasteiger partial charge is 0.381 e. The van der Waals surface area contributed by atoms with Crippen molar-refractivity contribution in [3.63, 3.8) is 0 Å². The van der Waals surface area contributed by atoms with Crippen LogP contribution in [-0.4, -0.2) is 10.3 Å².